The van der Waals surface area contributed by atoms with Crippen LogP contribution in [0.3, 0.4) is 0 Å². The number of pyridine rings is 1. The number of rotatable bonds is 7. The van der Waals surface area contributed by atoms with Crippen molar-refractivity contribution in [2.75, 3.05) is 17.7 Å². The van der Waals surface area contributed by atoms with E-state index in [1.165, 1.54) is 22.1 Å². The van der Waals surface area contributed by atoms with Crippen molar-refractivity contribution in [3.05, 3.63) is 64.7 Å². The predicted molar refractivity (Wildman–Crippen MR) is 122 cm³/mol. The zero-order valence-electron chi connectivity index (χ0n) is 17.7. The molecule has 3 rings (SSSR count). The third-order valence-electron chi connectivity index (χ3n) is 4.69. The quantitative estimate of drug-likeness (QED) is 0.405. The van der Waals surface area contributed by atoms with Gasteiger partial charge in [0.25, 0.3) is 0 Å². The number of hydrogen-bond acceptors (Lipinski definition) is 5. The monoisotopic (exact) mass is 422 g/mol. The Morgan fingerprint density at radius 2 is 1.77 bits per heavy atom. The van der Waals surface area contributed by atoms with E-state index in [4.69, 9.17) is 9.72 Å². The SMILES string of the molecule is CCOC(=O)c1ccc(NC(=O)CCSc2cc(C)c3cc(C)cc(C)c3n2)cc1. The van der Waals surface area contributed by atoms with Crippen molar-refractivity contribution in [2.45, 2.75) is 39.1 Å². The molecule has 1 aromatic heterocycles. The molecule has 0 unspecified atom stereocenters. The van der Waals surface area contributed by atoms with E-state index in [9.17, 15) is 9.59 Å². The molecule has 1 amide bonds. The first kappa shape index (κ1) is 21.8. The molecule has 0 aliphatic carbocycles. The molecule has 0 radical (unpaired) electrons. The van der Waals surface area contributed by atoms with E-state index < -0.39 is 0 Å². The van der Waals surface area contributed by atoms with Crippen LogP contribution in [0.25, 0.3) is 10.9 Å². The van der Waals surface area contributed by atoms with Gasteiger partial charge in [-0.15, -0.1) is 11.8 Å². The van der Waals surface area contributed by atoms with Gasteiger partial charge in [0, 0.05) is 23.2 Å². The molecule has 30 heavy (non-hydrogen) atoms. The summed E-state index contributed by atoms with van der Waals surface area (Å²) in [4.78, 5) is 28.7. The summed E-state index contributed by atoms with van der Waals surface area (Å²) in [5, 5.41) is 4.97. The lowest BCUT2D eigenvalue weighted by molar-refractivity contribution is -0.115. The molecule has 0 atom stereocenters. The number of aryl methyl sites for hydroxylation is 3. The molecule has 156 valence electrons. The maximum Gasteiger partial charge on any atom is 0.338 e. The van der Waals surface area contributed by atoms with E-state index in [1.807, 2.05) is 0 Å². The summed E-state index contributed by atoms with van der Waals surface area (Å²) in [5.74, 6) is 0.196. The minimum atomic E-state index is -0.365. The first-order valence-electron chi connectivity index (χ1n) is 9.96. The van der Waals surface area contributed by atoms with Gasteiger partial charge in [0.15, 0.2) is 0 Å². The number of ether oxygens (including phenoxy) is 1. The zero-order valence-corrected chi connectivity index (χ0v) is 18.6. The topological polar surface area (TPSA) is 68.3 Å². The summed E-state index contributed by atoms with van der Waals surface area (Å²) < 4.78 is 4.96. The minimum absolute atomic E-state index is 0.0734. The highest BCUT2D eigenvalue weighted by Gasteiger charge is 2.09. The molecule has 0 bridgehead atoms. The minimum Gasteiger partial charge on any atom is -0.462 e. The Morgan fingerprint density at radius 1 is 1.03 bits per heavy atom. The molecular formula is C24H26N2O3S. The van der Waals surface area contributed by atoms with E-state index in [-0.39, 0.29) is 11.9 Å². The fourth-order valence-corrected chi connectivity index (χ4v) is 4.18. The highest BCUT2D eigenvalue weighted by molar-refractivity contribution is 7.99. The van der Waals surface area contributed by atoms with Gasteiger partial charge in [0.1, 0.15) is 0 Å². The number of aromatic nitrogens is 1. The standard InChI is InChI=1S/C24H26N2O3S/c1-5-29-24(28)18-6-8-19(9-7-18)25-21(27)10-11-30-22-14-16(3)20-13-15(2)12-17(4)23(20)26-22/h6-9,12-14H,5,10-11H2,1-4H3,(H,25,27). The van der Waals surface area contributed by atoms with Gasteiger partial charge in [0.2, 0.25) is 5.91 Å². The fraction of sp³-hybridized carbons (Fsp3) is 0.292. The lowest BCUT2D eigenvalue weighted by Crippen LogP contribution is -2.12. The summed E-state index contributed by atoms with van der Waals surface area (Å²) in [6, 6.07) is 13.1. The van der Waals surface area contributed by atoms with E-state index in [1.54, 1.807) is 43.0 Å². The number of carbonyl (C=O) groups is 2. The van der Waals surface area contributed by atoms with Gasteiger partial charge in [-0.2, -0.15) is 0 Å². The van der Waals surface area contributed by atoms with E-state index in [2.05, 4.69) is 44.3 Å². The normalized spacial score (nSPS) is 10.8. The lowest BCUT2D eigenvalue weighted by Gasteiger charge is -2.10. The number of esters is 1. The Kier molecular flexibility index (Phi) is 7.11. The Bertz CT molecular complexity index is 1080. The highest BCUT2D eigenvalue weighted by Crippen LogP contribution is 2.27. The van der Waals surface area contributed by atoms with Gasteiger partial charge in [0.05, 0.1) is 22.7 Å². The van der Waals surface area contributed by atoms with Crippen molar-refractivity contribution >= 4 is 40.2 Å². The number of fused-ring (bicyclic) bond motifs is 1. The van der Waals surface area contributed by atoms with Crippen molar-refractivity contribution in [2.24, 2.45) is 0 Å². The van der Waals surface area contributed by atoms with Gasteiger partial charge < -0.3 is 10.1 Å². The van der Waals surface area contributed by atoms with Gasteiger partial charge in [-0.05, 0) is 75.2 Å². The number of thioether (sulfide) groups is 1. The number of anilines is 1. The highest BCUT2D eigenvalue weighted by atomic mass is 32.2. The first-order chi connectivity index (χ1) is 14.4. The van der Waals surface area contributed by atoms with E-state index in [0.29, 0.717) is 30.0 Å². The molecule has 6 heteroatoms. The lowest BCUT2D eigenvalue weighted by atomic mass is 10.0. The van der Waals surface area contributed by atoms with Crippen LogP contribution in [-0.4, -0.2) is 29.2 Å². The second-order valence-electron chi connectivity index (χ2n) is 7.20. The van der Waals surface area contributed by atoms with Crippen LogP contribution in [0, 0.1) is 20.8 Å². The Morgan fingerprint density at radius 3 is 2.47 bits per heavy atom. The number of amides is 1. The zero-order chi connectivity index (χ0) is 21.7. The van der Waals surface area contributed by atoms with Crippen molar-refractivity contribution in [1.29, 1.82) is 0 Å². The summed E-state index contributed by atoms with van der Waals surface area (Å²) >= 11 is 1.58. The van der Waals surface area contributed by atoms with E-state index >= 15 is 0 Å². The summed E-state index contributed by atoms with van der Waals surface area (Å²) in [7, 11) is 0. The van der Waals surface area contributed by atoms with Crippen molar-refractivity contribution in [3.63, 3.8) is 0 Å². The van der Waals surface area contributed by atoms with Crippen LogP contribution in [0.1, 0.15) is 40.4 Å². The molecule has 1 N–H and O–H groups in total. The third-order valence-corrected chi connectivity index (χ3v) is 5.60. The fourth-order valence-electron chi connectivity index (χ4n) is 3.26. The van der Waals surface area contributed by atoms with Gasteiger partial charge in [-0.25, -0.2) is 9.78 Å². The van der Waals surface area contributed by atoms with Gasteiger partial charge in [-0.1, -0.05) is 11.6 Å². The Labute approximate surface area is 181 Å². The van der Waals surface area contributed by atoms with Crippen molar-refractivity contribution in [1.82, 2.24) is 4.98 Å². The molecule has 0 aliphatic heterocycles. The molecule has 0 aliphatic rings. The molecular weight excluding hydrogens is 396 g/mol. The van der Waals surface area contributed by atoms with Crippen LogP contribution in [-0.2, 0) is 9.53 Å². The van der Waals surface area contributed by atoms with Crippen LogP contribution in [0.15, 0.2) is 47.5 Å². The number of nitrogens with one attached hydrogen (secondary N) is 1. The van der Waals surface area contributed by atoms with Crippen LogP contribution in [0.5, 0.6) is 0 Å². The molecule has 0 saturated heterocycles. The maximum absolute atomic E-state index is 12.3. The van der Waals surface area contributed by atoms with Crippen molar-refractivity contribution < 1.29 is 14.3 Å². The number of benzene rings is 2. The average molecular weight is 423 g/mol. The van der Waals surface area contributed by atoms with Crippen molar-refractivity contribution in [3.8, 4) is 0 Å². The number of hydrogen-bond donors (Lipinski definition) is 1. The second kappa shape index (κ2) is 9.76. The average Bonchev–Trinajstić information content (AvgIpc) is 2.69. The summed E-state index contributed by atoms with van der Waals surface area (Å²) in [5.41, 5.74) is 5.74. The Hall–Kier alpha value is -2.86. The van der Waals surface area contributed by atoms with Crippen LogP contribution in [0.2, 0.25) is 0 Å². The summed E-state index contributed by atoms with van der Waals surface area (Å²) in [6.07, 6.45) is 0.371. The number of carbonyl (C=O) groups excluding carboxylic acids is 2. The maximum atomic E-state index is 12.3. The van der Waals surface area contributed by atoms with Gasteiger partial charge in [-0.3, -0.25) is 4.79 Å². The molecule has 5 nitrogen and oxygen atoms in total. The second-order valence-corrected chi connectivity index (χ2v) is 8.32. The van der Waals surface area contributed by atoms with E-state index in [0.717, 1.165) is 10.5 Å². The largest absolute Gasteiger partial charge is 0.462 e. The smallest absolute Gasteiger partial charge is 0.338 e. The van der Waals surface area contributed by atoms with Crippen LogP contribution < -0.4 is 5.32 Å². The number of nitrogens with zero attached hydrogens (tertiary/aromatic N) is 1. The molecule has 3 aromatic rings. The molecule has 0 saturated carbocycles. The molecule has 2 aromatic carbocycles. The first-order valence-corrected chi connectivity index (χ1v) is 10.9. The van der Waals surface area contributed by atoms with Crippen LogP contribution in [0.4, 0.5) is 5.69 Å². The molecule has 0 spiro atoms. The van der Waals surface area contributed by atoms with Crippen LogP contribution >= 0.6 is 11.8 Å². The third kappa shape index (κ3) is 5.39. The summed E-state index contributed by atoms with van der Waals surface area (Å²) in [6.45, 7) is 8.37. The predicted octanol–water partition coefficient (Wildman–Crippen LogP) is 5.46. The van der Waals surface area contributed by atoms with Gasteiger partial charge >= 0.3 is 5.97 Å². The molecule has 0 fully saturated rings. The Balaban J connectivity index is 1.56. The molecule has 1 heterocycles.